The van der Waals surface area contributed by atoms with Crippen molar-refractivity contribution in [3.8, 4) is 0 Å². The molecule has 2 heterocycles. The third-order valence-electron chi connectivity index (χ3n) is 6.54. The van der Waals surface area contributed by atoms with Crippen LogP contribution in [0.5, 0.6) is 0 Å². The zero-order valence-corrected chi connectivity index (χ0v) is 21.6. The summed E-state index contributed by atoms with van der Waals surface area (Å²) < 4.78 is 0. The maximum Gasteiger partial charge on any atom is 0.317 e. The minimum Gasteiger partial charge on any atom is -0.480 e. The lowest BCUT2D eigenvalue weighted by Gasteiger charge is -2.36. The van der Waals surface area contributed by atoms with Crippen molar-refractivity contribution in [2.45, 2.75) is 6.92 Å². The van der Waals surface area contributed by atoms with Gasteiger partial charge in [-0.2, -0.15) is 0 Å². The number of carbonyl (C=O) groups excluding carboxylic acids is 2. The molecule has 2 aliphatic rings. The molecular weight excluding hydrogens is 488 g/mol. The first kappa shape index (κ1) is 30.6. The van der Waals surface area contributed by atoms with Crippen molar-refractivity contribution in [1.29, 1.82) is 0 Å². The van der Waals surface area contributed by atoms with Gasteiger partial charge in [0.1, 0.15) is 5.78 Å². The highest BCUT2D eigenvalue weighted by molar-refractivity contribution is 5.79. The van der Waals surface area contributed by atoms with E-state index in [-0.39, 0.29) is 37.9 Å². The van der Waals surface area contributed by atoms with E-state index in [0.29, 0.717) is 85.1 Å². The highest BCUT2D eigenvalue weighted by atomic mass is 16.4. The molecule has 0 aromatic heterocycles. The van der Waals surface area contributed by atoms with Crippen LogP contribution in [0.25, 0.3) is 0 Å². The summed E-state index contributed by atoms with van der Waals surface area (Å²) >= 11 is 0. The summed E-state index contributed by atoms with van der Waals surface area (Å²) in [5, 5.41) is 27.9. The number of piperazine rings is 1. The second-order valence-electron chi connectivity index (χ2n) is 9.64. The molecule has 0 spiro atoms. The molecule has 2 fully saturated rings. The topological polar surface area (TPSA) is 165 Å². The number of Topliss-reactive ketones (excluding diaryl/α,β-unsaturated/α-hetero) is 1. The Morgan fingerprint density at radius 2 is 0.730 bits per heavy atom. The molecule has 1 amide bonds. The summed E-state index contributed by atoms with van der Waals surface area (Å²) in [7, 11) is 0. The number of aliphatic carboxylic acids is 3. The Balaban J connectivity index is 2.06. The van der Waals surface area contributed by atoms with Gasteiger partial charge >= 0.3 is 17.9 Å². The molecule has 0 aliphatic carbocycles. The van der Waals surface area contributed by atoms with Gasteiger partial charge in [0.2, 0.25) is 5.91 Å². The first-order chi connectivity index (χ1) is 17.5. The predicted molar refractivity (Wildman–Crippen MR) is 132 cm³/mol. The van der Waals surface area contributed by atoms with Gasteiger partial charge in [0.25, 0.3) is 0 Å². The maximum atomic E-state index is 13.1. The van der Waals surface area contributed by atoms with Crippen LogP contribution in [0.2, 0.25) is 0 Å². The smallest absolute Gasteiger partial charge is 0.317 e. The zero-order chi connectivity index (χ0) is 27.4. The zero-order valence-electron chi connectivity index (χ0n) is 21.6. The van der Waals surface area contributed by atoms with Crippen LogP contribution in [0.1, 0.15) is 6.92 Å². The lowest BCUT2D eigenvalue weighted by molar-refractivity contribution is -0.141. The Morgan fingerprint density at radius 1 is 0.459 bits per heavy atom. The fraction of sp³-hybridized carbons (Fsp3) is 0.783. The van der Waals surface area contributed by atoms with E-state index in [1.807, 2.05) is 9.80 Å². The van der Waals surface area contributed by atoms with E-state index in [4.69, 9.17) is 0 Å². The van der Waals surface area contributed by atoms with E-state index >= 15 is 0 Å². The fourth-order valence-electron chi connectivity index (χ4n) is 4.55. The Bertz CT molecular complexity index is 772. The third-order valence-corrected chi connectivity index (χ3v) is 6.54. The molecule has 0 saturated carbocycles. The van der Waals surface area contributed by atoms with Crippen molar-refractivity contribution in [1.82, 2.24) is 29.4 Å². The van der Waals surface area contributed by atoms with Gasteiger partial charge in [0, 0.05) is 78.5 Å². The molecule has 2 aliphatic heterocycles. The Labute approximate surface area is 217 Å². The van der Waals surface area contributed by atoms with E-state index in [1.54, 1.807) is 26.5 Å². The van der Waals surface area contributed by atoms with Gasteiger partial charge in [-0.15, -0.1) is 0 Å². The molecule has 2 rings (SSSR count). The molecule has 0 atom stereocenters. The maximum absolute atomic E-state index is 13.1. The average Bonchev–Trinajstić information content (AvgIpc) is 2.79. The highest BCUT2D eigenvalue weighted by Crippen LogP contribution is 2.06. The molecule has 0 aromatic carbocycles. The number of ketones is 1. The van der Waals surface area contributed by atoms with Gasteiger partial charge in [-0.25, -0.2) is 0 Å². The standard InChI is InChI=1S/C23H40N6O8/c1-19(30)14-24-10-12-29(13-11-24)20(31)15-25-2-4-26(16-21(32)33)6-8-28(18-23(36)37)9-7-27(5-3-25)17-22(34)35/h2-18H2,1H3,(H,32,33)(H,34,35)(H,36,37). The summed E-state index contributed by atoms with van der Waals surface area (Å²) in [6.45, 7) is 6.56. The van der Waals surface area contributed by atoms with Crippen LogP contribution in [0.4, 0.5) is 0 Å². The van der Waals surface area contributed by atoms with Crippen LogP contribution < -0.4 is 0 Å². The number of nitrogens with zero attached hydrogens (tertiary/aromatic N) is 6. The van der Waals surface area contributed by atoms with E-state index < -0.39 is 17.9 Å². The first-order valence-electron chi connectivity index (χ1n) is 12.6. The van der Waals surface area contributed by atoms with Crippen molar-refractivity contribution in [2.75, 3.05) is 111 Å². The molecule has 0 aromatic rings. The molecule has 0 bridgehead atoms. The number of carbonyl (C=O) groups is 5. The Hall–Kier alpha value is -2.65. The number of amides is 1. The number of rotatable bonds is 10. The predicted octanol–water partition coefficient (Wildman–Crippen LogP) is -2.80. The van der Waals surface area contributed by atoms with Crippen molar-refractivity contribution in [3.05, 3.63) is 0 Å². The summed E-state index contributed by atoms with van der Waals surface area (Å²) in [6, 6.07) is 0. The second kappa shape index (κ2) is 15.6. The van der Waals surface area contributed by atoms with Crippen molar-refractivity contribution < 1.29 is 39.3 Å². The first-order valence-corrected chi connectivity index (χ1v) is 12.6. The lowest BCUT2D eigenvalue weighted by Crippen LogP contribution is -2.53. The molecular formula is C23H40N6O8. The van der Waals surface area contributed by atoms with Crippen molar-refractivity contribution in [3.63, 3.8) is 0 Å². The molecule has 0 unspecified atom stereocenters. The summed E-state index contributed by atoms with van der Waals surface area (Å²) in [6.07, 6.45) is 0. The van der Waals surface area contributed by atoms with Crippen LogP contribution in [0, 0.1) is 0 Å². The normalized spacial score (nSPS) is 20.6. The van der Waals surface area contributed by atoms with E-state index in [2.05, 4.69) is 0 Å². The van der Waals surface area contributed by atoms with E-state index in [1.165, 1.54) is 0 Å². The van der Waals surface area contributed by atoms with Crippen LogP contribution in [0.3, 0.4) is 0 Å². The van der Waals surface area contributed by atoms with Crippen LogP contribution >= 0.6 is 0 Å². The Morgan fingerprint density at radius 3 is 1.03 bits per heavy atom. The lowest BCUT2D eigenvalue weighted by atomic mass is 10.2. The highest BCUT2D eigenvalue weighted by Gasteiger charge is 2.25. The molecule has 0 radical (unpaired) electrons. The summed E-state index contributed by atoms with van der Waals surface area (Å²) in [5.74, 6) is -2.96. The van der Waals surface area contributed by atoms with Gasteiger partial charge in [-0.05, 0) is 6.92 Å². The van der Waals surface area contributed by atoms with Gasteiger partial charge in [-0.3, -0.25) is 48.5 Å². The van der Waals surface area contributed by atoms with Crippen molar-refractivity contribution in [2.24, 2.45) is 0 Å². The molecule has 14 nitrogen and oxygen atoms in total. The molecule has 210 valence electrons. The molecule has 14 heteroatoms. The van der Waals surface area contributed by atoms with Crippen molar-refractivity contribution >= 4 is 29.6 Å². The fourth-order valence-corrected chi connectivity index (χ4v) is 4.55. The molecule has 2 saturated heterocycles. The van der Waals surface area contributed by atoms with E-state index in [0.717, 1.165) is 0 Å². The molecule has 37 heavy (non-hydrogen) atoms. The third kappa shape index (κ3) is 12.4. The average molecular weight is 529 g/mol. The van der Waals surface area contributed by atoms with Gasteiger partial charge in [0.05, 0.1) is 32.7 Å². The largest absolute Gasteiger partial charge is 0.480 e. The summed E-state index contributed by atoms with van der Waals surface area (Å²) in [5.41, 5.74) is 0. The Kier molecular flexibility index (Phi) is 12.9. The van der Waals surface area contributed by atoms with Gasteiger partial charge in [-0.1, -0.05) is 0 Å². The summed E-state index contributed by atoms with van der Waals surface area (Å²) in [4.78, 5) is 69.3. The van der Waals surface area contributed by atoms with Gasteiger partial charge < -0.3 is 20.2 Å². The molecule has 3 N–H and O–H groups in total. The number of hydrogen-bond donors (Lipinski definition) is 3. The number of carboxylic acids is 3. The van der Waals surface area contributed by atoms with E-state index in [9.17, 15) is 39.3 Å². The quantitative estimate of drug-likeness (QED) is 0.266. The van der Waals surface area contributed by atoms with Crippen LogP contribution in [0.15, 0.2) is 0 Å². The monoisotopic (exact) mass is 528 g/mol. The van der Waals surface area contributed by atoms with Gasteiger partial charge in [0.15, 0.2) is 0 Å². The minimum atomic E-state index is -1.01. The number of hydrogen-bond acceptors (Lipinski definition) is 10. The SMILES string of the molecule is CC(=O)CN1CCN(C(=O)CN2CCN(CC(=O)O)CCN(CC(=O)O)CCN(CC(=O)O)CC2)CC1. The number of carboxylic acid groups (broad SMARTS) is 3. The van der Waals surface area contributed by atoms with Crippen LogP contribution in [-0.2, 0) is 24.0 Å². The van der Waals surface area contributed by atoms with Crippen LogP contribution in [-0.4, -0.2) is 186 Å². The minimum absolute atomic E-state index is 0.0585. The second-order valence-corrected chi connectivity index (χ2v) is 9.64.